The van der Waals surface area contributed by atoms with Gasteiger partial charge in [0, 0.05) is 18.8 Å². The van der Waals surface area contributed by atoms with Crippen LogP contribution in [0.5, 0.6) is 0 Å². The molecule has 0 aromatic carbocycles. The zero-order valence-electron chi connectivity index (χ0n) is 43.5. The molecule has 0 aliphatic rings. The highest BCUT2D eigenvalue weighted by atomic mass is 16.5. The first-order chi connectivity index (χ1) is 29.4. The fourth-order valence-electron chi connectivity index (χ4n) is 6.50. The summed E-state index contributed by atoms with van der Waals surface area (Å²) in [7, 11) is 1.70. The second-order valence-electron chi connectivity index (χ2n) is 15.9. The van der Waals surface area contributed by atoms with Crippen molar-refractivity contribution < 1.29 is 24.5 Å². The van der Waals surface area contributed by atoms with E-state index in [1.807, 2.05) is 41.3 Å². The highest BCUT2D eigenvalue weighted by Gasteiger charge is 2.06. The summed E-state index contributed by atoms with van der Waals surface area (Å²) in [6.07, 6.45) is 41.3. The third-order valence-electron chi connectivity index (χ3n) is 10.1. The van der Waals surface area contributed by atoms with Gasteiger partial charge in [-0.1, -0.05) is 223 Å². The van der Waals surface area contributed by atoms with Crippen LogP contribution in [0.4, 0.5) is 0 Å². The van der Waals surface area contributed by atoms with Gasteiger partial charge in [0.25, 0.3) is 0 Å². The standard InChI is InChI=1S/C23H48N2O.C14H30O.C10H22O.2C2H6.2CH2O/c1-5-7-9-11-13-15-19-25(20-16-14-12-10-8-6-2)21-17-18-24-23(3)22-26-4;1-3-5-7-9-11-13-14(15)12-10-8-6-4-2;1-3-4-5-6-7-8-10(2)9-11;4*1-2/h22,24H,5-21H2,1-4H3;14-15H,3-13H2,1-2H3;10-11H,3-9H2,1-2H3;2*1-2H3;2*1H2/b23-22+;;;;;;. The van der Waals surface area contributed by atoms with Crippen LogP contribution in [0.2, 0.25) is 0 Å². The number of carbonyl (C=O) groups excluding carboxylic acids is 2. The van der Waals surface area contributed by atoms with E-state index in [0.717, 1.165) is 25.1 Å². The molecule has 2 atom stereocenters. The van der Waals surface area contributed by atoms with Crippen LogP contribution in [0, 0.1) is 5.92 Å². The smallest absolute Gasteiger partial charge is 0.106 e. The maximum Gasteiger partial charge on any atom is 0.106 e. The van der Waals surface area contributed by atoms with Gasteiger partial charge in [-0.25, -0.2) is 0 Å². The van der Waals surface area contributed by atoms with Gasteiger partial charge in [-0.2, -0.15) is 0 Å². The van der Waals surface area contributed by atoms with Crippen molar-refractivity contribution in [2.45, 2.75) is 275 Å². The summed E-state index contributed by atoms with van der Waals surface area (Å²) in [4.78, 5) is 18.7. The van der Waals surface area contributed by atoms with Crippen LogP contribution in [-0.4, -0.2) is 74.7 Å². The molecule has 7 heteroatoms. The van der Waals surface area contributed by atoms with E-state index >= 15 is 0 Å². The molecule has 0 aliphatic carbocycles. The van der Waals surface area contributed by atoms with Gasteiger partial charge in [-0.3, -0.25) is 0 Å². The van der Waals surface area contributed by atoms with Crippen molar-refractivity contribution in [3.05, 3.63) is 12.0 Å². The lowest BCUT2D eigenvalue weighted by Crippen LogP contribution is -2.29. The highest BCUT2D eigenvalue weighted by Crippen LogP contribution is 2.13. The normalized spacial score (nSPS) is 11.2. The SMILES string of the molecule is C=O.C=O.CC.CC.CCCCCCCC(C)CO.CCCCCCCC(O)CCCCCC.CCCCCCCCN(CCCCCCCC)CCCN/C(C)=C/OC. The topological polar surface area (TPSA) is 99.1 Å². The van der Waals surface area contributed by atoms with Crippen LogP contribution in [-0.2, 0) is 14.3 Å². The summed E-state index contributed by atoms with van der Waals surface area (Å²) in [5, 5.41) is 21.9. The third kappa shape index (κ3) is 80.5. The van der Waals surface area contributed by atoms with Crippen molar-refractivity contribution in [1.82, 2.24) is 10.2 Å². The lowest BCUT2D eigenvalue weighted by atomic mass is 10.0. The predicted molar refractivity (Wildman–Crippen MR) is 271 cm³/mol. The van der Waals surface area contributed by atoms with E-state index in [4.69, 9.17) is 19.4 Å². The Kier molecular flexibility index (Phi) is 95.0. The fraction of sp³-hybridized carbons (Fsp3) is 0.925. The van der Waals surface area contributed by atoms with E-state index < -0.39 is 0 Å². The number of aliphatic hydroxyl groups excluding tert-OH is 2. The maximum atomic E-state index is 9.71. The Morgan fingerprint density at radius 2 is 0.833 bits per heavy atom. The van der Waals surface area contributed by atoms with Gasteiger partial charge >= 0.3 is 0 Å². The number of hydrogen-bond acceptors (Lipinski definition) is 7. The average molecular weight is 862 g/mol. The van der Waals surface area contributed by atoms with Gasteiger partial charge in [0.05, 0.1) is 13.2 Å². The summed E-state index contributed by atoms with van der Waals surface area (Å²) in [6, 6.07) is 0. The van der Waals surface area contributed by atoms with Crippen LogP contribution < -0.4 is 5.32 Å². The number of allylic oxidation sites excluding steroid dienone is 1. The van der Waals surface area contributed by atoms with Crippen molar-refractivity contribution >= 4 is 13.6 Å². The average Bonchev–Trinajstić information content (AvgIpc) is 3.29. The molecule has 0 aromatic heterocycles. The van der Waals surface area contributed by atoms with E-state index in [0.29, 0.717) is 12.5 Å². The Labute approximate surface area is 379 Å². The molecule has 2 unspecified atom stereocenters. The van der Waals surface area contributed by atoms with Gasteiger partial charge in [0.1, 0.15) is 19.8 Å². The molecule has 0 saturated carbocycles. The minimum atomic E-state index is -0.0246. The predicted octanol–water partition coefficient (Wildman–Crippen LogP) is 15.8. The Hall–Kier alpha value is -1.44. The molecule has 0 radical (unpaired) electrons. The molecule has 368 valence electrons. The molecule has 0 rings (SSSR count). The second-order valence-corrected chi connectivity index (χ2v) is 15.9. The fourth-order valence-corrected chi connectivity index (χ4v) is 6.50. The number of nitrogens with one attached hydrogen (secondary N) is 1. The molecule has 0 heterocycles. The molecule has 0 fully saturated rings. The van der Waals surface area contributed by atoms with Gasteiger partial charge in [-0.05, 0) is 71.0 Å². The number of hydrogen-bond donors (Lipinski definition) is 3. The molecular formula is C53H116N2O5. The van der Waals surface area contributed by atoms with Gasteiger partial charge in [0.15, 0.2) is 0 Å². The highest BCUT2D eigenvalue weighted by molar-refractivity contribution is 5.11. The van der Waals surface area contributed by atoms with Crippen molar-refractivity contribution in [3.8, 4) is 0 Å². The van der Waals surface area contributed by atoms with Crippen LogP contribution in [0.25, 0.3) is 0 Å². The molecule has 0 aliphatic heterocycles. The molecule has 0 bridgehead atoms. The van der Waals surface area contributed by atoms with E-state index in [9.17, 15) is 5.11 Å². The summed E-state index contributed by atoms with van der Waals surface area (Å²) in [5.41, 5.74) is 1.12. The maximum absolute atomic E-state index is 9.71. The number of aliphatic hydroxyl groups is 2. The number of unbranched alkanes of at least 4 members (excludes halogenated alkanes) is 21. The van der Waals surface area contributed by atoms with Gasteiger partial charge < -0.3 is 34.8 Å². The van der Waals surface area contributed by atoms with Gasteiger partial charge in [0.2, 0.25) is 0 Å². The van der Waals surface area contributed by atoms with Crippen molar-refractivity contribution in [1.29, 1.82) is 0 Å². The molecule has 7 nitrogen and oxygen atoms in total. The quantitative estimate of drug-likeness (QED) is 0.0420. The van der Waals surface area contributed by atoms with Gasteiger partial charge in [-0.15, -0.1) is 0 Å². The van der Waals surface area contributed by atoms with E-state index in [2.05, 4.69) is 58.7 Å². The van der Waals surface area contributed by atoms with Crippen molar-refractivity contribution in [2.24, 2.45) is 5.92 Å². The van der Waals surface area contributed by atoms with E-state index in [1.54, 1.807) is 13.4 Å². The Morgan fingerprint density at radius 3 is 1.18 bits per heavy atom. The van der Waals surface area contributed by atoms with Crippen LogP contribution in [0.1, 0.15) is 269 Å². The monoisotopic (exact) mass is 861 g/mol. The number of carbonyl (C=O) groups is 2. The first-order valence-corrected chi connectivity index (χ1v) is 25.9. The minimum absolute atomic E-state index is 0.0246. The summed E-state index contributed by atoms with van der Waals surface area (Å²) in [5.74, 6) is 0.511. The molecule has 3 N–H and O–H groups in total. The van der Waals surface area contributed by atoms with Crippen LogP contribution >= 0.6 is 0 Å². The minimum Gasteiger partial charge on any atom is -0.503 e. The lowest BCUT2D eigenvalue weighted by molar-refractivity contribution is -0.0987. The second kappa shape index (κ2) is 78.1. The summed E-state index contributed by atoms with van der Waals surface area (Å²) >= 11 is 0. The zero-order chi connectivity index (χ0) is 47.2. The van der Waals surface area contributed by atoms with E-state index in [1.165, 1.54) is 199 Å². The molecule has 0 amide bonds. The Bertz CT molecular complexity index is 664. The largest absolute Gasteiger partial charge is 0.503 e. The first-order valence-electron chi connectivity index (χ1n) is 25.9. The van der Waals surface area contributed by atoms with Crippen molar-refractivity contribution in [2.75, 3.05) is 39.9 Å². The number of nitrogens with zero attached hydrogens (tertiary/aromatic N) is 1. The first kappa shape index (κ1) is 73.0. The van der Waals surface area contributed by atoms with Crippen LogP contribution in [0.15, 0.2) is 12.0 Å². The van der Waals surface area contributed by atoms with Crippen molar-refractivity contribution in [3.63, 3.8) is 0 Å². The van der Waals surface area contributed by atoms with Crippen LogP contribution in [0.3, 0.4) is 0 Å². The molecule has 60 heavy (non-hydrogen) atoms. The van der Waals surface area contributed by atoms with E-state index in [-0.39, 0.29) is 6.10 Å². The molecule has 0 spiro atoms. The summed E-state index contributed by atoms with van der Waals surface area (Å²) < 4.78 is 5.03. The lowest BCUT2D eigenvalue weighted by Gasteiger charge is -2.22. The number of methoxy groups -OCH3 is 1. The number of rotatable bonds is 38. The molecule has 0 aromatic rings. The summed E-state index contributed by atoms with van der Waals surface area (Å²) in [6.45, 7) is 32.6. The third-order valence-corrected chi connectivity index (χ3v) is 10.1. The molecular weight excluding hydrogens is 745 g/mol. The Balaban J connectivity index is -0.000000140. The Morgan fingerprint density at radius 1 is 0.533 bits per heavy atom. The number of ether oxygens (including phenoxy) is 1. The zero-order valence-corrected chi connectivity index (χ0v) is 43.5. The molecule has 0 saturated heterocycles.